The number of nitriles is 1. The summed E-state index contributed by atoms with van der Waals surface area (Å²) < 4.78 is 36.4. The summed E-state index contributed by atoms with van der Waals surface area (Å²) in [5.41, 5.74) is 1.60. The Morgan fingerprint density at radius 3 is 2.65 bits per heavy atom. The van der Waals surface area contributed by atoms with Gasteiger partial charge in [0.1, 0.15) is 11.6 Å². The van der Waals surface area contributed by atoms with Gasteiger partial charge >= 0.3 is 5.97 Å². The number of hydrogen-bond donors (Lipinski definition) is 1. The first-order valence-corrected chi connectivity index (χ1v) is 12.2. The minimum atomic E-state index is -3.11. The third-order valence-electron chi connectivity index (χ3n) is 7.57. The van der Waals surface area contributed by atoms with E-state index in [1.54, 1.807) is 61.8 Å². The summed E-state index contributed by atoms with van der Waals surface area (Å²) >= 11 is 0. The van der Waals surface area contributed by atoms with Gasteiger partial charge in [0, 0.05) is 48.0 Å². The molecular formula is C29H26F2N4O2. The molecule has 0 unspecified atom stereocenters. The minimum Gasteiger partial charge on any atom is -0.460 e. The van der Waals surface area contributed by atoms with Crippen molar-refractivity contribution < 1.29 is 18.3 Å². The fourth-order valence-corrected chi connectivity index (χ4v) is 5.71. The number of rotatable bonds is 5. The molecule has 1 aliphatic heterocycles. The van der Waals surface area contributed by atoms with Crippen molar-refractivity contribution in [1.82, 2.24) is 9.97 Å². The predicted molar refractivity (Wildman–Crippen MR) is 135 cm³/mol. The minimum absolute atomic E-state index is 0.488. The Hall–Kier alpha value is -4.12. The van der Waals surface area contributed by atoms with E-state index in [-0.39, 0.29) is 0 Å². The number of alkyl halides is 2. The number of nitrogens with zero attached hydrogens (tertiary/aromatic N) is 3. The van der Waals surface area contributed by atoms with Crippen LogP contribution in [0.1, 0.15) is 31.5 Å². The zero-order chi connectivity index (χ0) is 26.2. The Morgan fingerprint density at radius 1 is 1.14 bits per heavy atom. The van der Waals surface area contributed by atoms with E-state index < -0.39 is 47.7 Å². The first-order chi connectivity index (χ1) is 17.7. The SMILES string of the molecule is C[C@H]1OC(=O)[C@]2(Nc3cccnc3)CC(F)(F)[C@@H](C)[C@H](/C=C/c3ccc(-c4ccccc4C#N)cn3)[C@H]12. The molecule has 3 heterocycles. The summed E-state index contributed by atoms with van der Waals surface area (Å²) in [5, 5.41) is 12.5. The lowest BCUT2D eigenvalue weighted by molar-refractivity contribution is -0.153. The van der Waals surface area contributed by atoms with Crippen molar-refractivity contribution in [3.05, 3.63) is 84.5 Å². The van der Waals surface area contributed by atoms with Crippen LogP contribution in [0.4, 0.5) is 14.5 Å². The lowest BCUT2D eigenvalue weighted by atomic mass is 9.60. The molecule has 0 spiro atoms. The zero-order valence-electron chi connectivity index (χ0n) is 20.4. The molecule has 1 aliphatic carbocycles. The summed E-state index contributed by atoms with van der Waals surface area (Å²) in [6, 6.07) is 16.4. The summed E-state index contributed by atoms with van der Waals surface area (Å²) in [6.07, 6.45) is 6.99. The highest BCUT2D eigenvalue weighted by Gasteiger charge is 2.68. The number of cyclic esters (lactones) is 1. The Morgan fingerprint density at radius 2 is 1.95 bits per heavy atom. The highest BCUT2D eigenvalue weighted by molar-refractivity contribution is 5.88. The van der Waals surface area contributed by atoms with Crippen LogP contribution in [0, 0.1) is 29.1 Å². The molecule has 8 heteroatoms. The smallest absolute Gasteiger partial charge is 0.332 e. The quantitative estimate of drug-likeness (QED) is 0.450. The van der Waals surface area contributed by atoms with Crippen LogP contribution < -0.4 is 5.32 Å². The van der Waals surface area contributed by atoms with E-state index in [9.17, 15) is 10.1 Å². The van der Waals surface area contributed by atoms with E-state index in [1.165, 1.54) is 13.1 Å². The van der Waals surface area contributed by atoms with Crippen molar-refractivity contribution in [2.45, 2.75) is 37.8 Å². The van der Waals surface area contributed by atoms with E-state index in [0.29, 0.717) is 16.9 Å². The maximum Gasteiger partial charge on any atom is 0.332 e. The first kappa shape index (κ1) is 24.6. The average Bonchev–Trinajstić information content (AvgIpc) is 3.13. The third kappa shape index (κ3) is 4.35. The van der Waals surface area contributed by atoms with Crippen LogP contribution in [0.5, 0.6) is 0 Å². The number of benzene rings is 1. The van der Waals surface area contributed by atoms with Gasteiger partial charge in [-0.05, 0) is 43.2 Å². The molecule has 1 N–H and O–H groups in total. The van der Waals surface area contributed by atoms with Crippen molar-refractivity contribution in [2.75, 3.05) is 5.32 Å². The number of pyridine rings is 2. The van der Waals surface area contributed by atoms with Gasteiger partial charge < -0.3 is 10.1 Å². The van der Waals surface area contributed by atoms with Crippen LogP contribution in [0.15, 0.2) is 73.2 Å². The molecular weight excluding hydrogens is 474 g/mol. The molecule has 6 nitrogen and oxygen atoms in total. The maximum atomic E-state index is 15.4. The Labute approximate surface area is 214 Å². The molecule has 1 saturated heterocycles. The van der Waals surface area contributed by atoms with Gasteiger partial charge in [0.05, 0.1) is 23.0 Å². The molecule has 0 bridgehead atoms. The fraction of sp³-hybridized carbons (Fsp3) is 0.310. The normalized spacial score (nSPS) is 28.4. The number of aromatic nitrogens is 2. The van der Waals surface area contributed by atoms with E-state index in [1.807, 2.05) is 18.2 Å². The standard InChI is InChI=1S/C29H26F2N4O2/c1-18-24(12-11-22-10-9-21(15-34-22)25-8-4-3-6-20(25)14-32)26-19(2)37-27(36)28(26,17-29(18,30)31)35-23-7-5-13-33-16-23/h3-13,15-16,18-19,24,26,35H,17H2,1-2H3/b12-11+/t18-,19+,24-,26-,28-/m0/s1. The summed E-state index contributed by atoms with van der Waals surface area (Å²) in [7, 11) is 0. The topological polar surface area (TPSA) is 87.9 Å². The number of ether oxygens (including phenoxy) is 1. The highest BCUT2D eigenvalue weighted by atomic mass is 19.3. The van der Waals surface area contributed by atoms with Crippen LogP contribution in [0.25, 0.3) is 17.2 Å². The number of nitrogens with one attached hydrogen (secondary N) is 1. The molecule has 2 aliphatic rings. The molecule has 3 aromatic rings. The maximum absolute atomic E-state index is 15.4. The van der Waals surface area contributed by atoms with Crippen molar-refractivity contribution in [1.29, 1.82) is 5.26 Å². The van der Waals surface area contributed by atoms with Crippen molar-refractivity contribution in [3.8, 4) is 17.2 Å². The number of anilines is 1. The molecule has 5 atom stereocenters. The molecule has 188 valence electrons. The molecule has 1 saturated carbocycles. The van der Waals surface area contributed by atoms with Crippen molar-refractivity contribution in [2.24, 2.45) is 17.8 Å². The summed E-state index contributed by atoms with van der Waals surface area (Å²) in [4.78, 5) is 21.6. The fourth-order valence-electron chi connectivity index (χ4n) is 5.71. The van der Waals surface area contributed by atoms with Gasteiger partial charge in [-0.2, -0.15) is 5.26 Å². The summed E-state index contributed by atoms with van der Waals surface area (Å²) in [6.45, 7) is 3.28. The van der Waals surface area contributed by atoms with Crippen LogP contribution >= 0.6 is 0 Å². The van der Waals surface area contributed by atoms with Crippen molar-refractivity contribution >= 4 is 17.7 Å². The molecule has 0 radical (unpaired) electrons. The summed E-state index contributed by atoms with van der Waals surface area (Å²) in [5.74, 6) is -5.97. The number of carbonyl (C=O) groups excluding carboxylic acids is 1. The Balaban J connectivity index is 1.47. The monoisotopic (exact) mass is 500 g/mol. The lowest BCUT2D eigenvalue weighted by Gasteiger charge is -2.48. The van der Waals surface area contributed by atoms with Gasteiger partial charge in [0.2, 0.25) is 0 Å². The molecule has 2 fully saturated rings. The largest absolute Gasteiger partial charge is 0.460 e. The van der Waals surface area contributed by atoms with E-state index >= 15 is 8.78 Å². The second kappa shape index (κ2) is 9.40. The van der Waals surface area contributed by atoms with Crippen LogP contribution in [0.2, 0.25) is 0 Å². The predicted octanol–water partition coefficient (Wildman–Crippen LogP) is 5.73. The van der Waals surface area contributed by atoms with Crippen LogP contribution in [0.3, 0.4) is 0 Å². The van der Waals surface area contributed by atoms with Crippen LogP contribution in [-0.2, 0) is 9.53 Å². The van der Waals surface area contributed by atoms with Crippen molar-refractivity contribution in [3.63, 3.8) is 0 Å². The molecule has 2 aromatic heterocycles. The Kier molecular flexibility index (Phi) is 6.24. The van der Waals surface area contributed by atoms with E-state index in [0.717, 1.165) is 11.1 Å². The van der Waals surface area contributed by atoms with Gasteiger partial charge in [-0.1, -0.05) is 37.3 Å². The third-order valence-corrected chi connectivity index (χ3v) is 7.57. The number of halogens is 2. The second-order valence-corrected chi connectivity index (χ2v) is 9.77. The molecule has 37 heavy (non-hydrogen) atoms. The number of carbonyl (C=O) groups is 1. The number of hydrogen-bond acceptors (Lipinski definition) is 6. The Bertz CT molecular complexity index is 1370. The highest BCUT2D eigenvalue weighted by Crippen LogP contribution is 2.56. The molecule has 0 amide bonds. The number of fused-ring (bicyclic) bond motifs is 1. The van der Waals surface area contributed by atoms with Gasteiger partial charge in [-0.15, -0.1) is 0 Å². The van der Waals surface area contributed by atoms with E-state index in [4.69, 9.17) is 4.74 Å². The first-order valence-electron chi connectivity index (χ1n) is 12.2. The van der Waals surface area contributed by atoms with Gasteiger partial charge in [-0.3, -0.25) is 9.97 Å². The zero-order valence-corrected chi connectivity index (χ0v) is 20.4. The molecule has 1 aromatic carbocycles. The molecule has 5 rings (SSSR count). The second-order valence-electron chi connectivity index (χ2n) is 9.77. The van der Waals surface area contributed by atoms with Crippen LogP contribution in [-0.4, -0.2) is 33.5 Å². The number of allylic oxidation sites excluding steroid dienone is 1. The van der Waals surface area contributed by atoms with Gasteiger partial charge in [0.15, 0.2) is 0 Å². The van der Waals surface area contributed by atoms with Gasteiger partial charge in [-0.25, -0.2) is 13.6 Å². The average molecular weight is 501 g/mol. The number of esters is 1. The van der Waals surface area contributed by atoms with E-state index in [2.05, 4.69) is 21.4 Å². The lowest BCUT2D eigenvalue weighted by Crippen LogP contribution is -2.61. The van der Waals surface area contributed by atoms with Gasteiger partial charge in [0.25, 0.3) is 5.92 Å².